The van der Waals surface area contributed by atoms with Crippen molar-refractivity contribution >= 4 is 5.69 Å². The number of rotatable bonds is 2. The molecule has 1 aromatic rings. The van der Waals surface area contributed by atoms with Crippen LogP contribution in [0.2, 0.25) is 0 Å². The molecule has 0 aliphatic carbocycles. The van der Waals surface area contributed by atoms with E-state index >= 15 is 0 Å². The average Bonchev–Trinajstić information content (AvgIpc) is 2.15. The molecular weight excluding hydrogens is 234 g/mol. The lowest BCUT2D eigenvalue weighted by Gasteiger charge is -2.14. The van der Waals surface area contributed by atoms with E-state index in [0.29, 0.717) is 18.2 Å². The number of nitrogens with zero attached hydrogens (tertiary/aromatic N) is 1. The fourth-order valence-electron chi connectivity index (χ4n) is 1.03. The number of halogens is 4. The molecule has 0 bridgehead atoms. The largest absolute Gasteiger partial charge is 0.418 e. The van der Waals surface area contributed by atoms with Gasteiger partial charge >= 0.3 is 6.18 Å². The van der Waals surface area contributed by atoms with Crippen LogP contribution in [0.25, 0.3) is 0 Å². The van der Waals surface area contributed by atoms with E-state index in [4.69, 9.17) is 5.11 Å². The van der Waals surface area contributed by atoms with Crippen LogP contribution in [0.5, 0.6) is 0 Å². The SMILES string of the molecule is O=[N+]([O-])c1ccc(F)c([C@H](O)C(F)(F)F)c1. The highest BCUT2D eigenvalue weighted by Gasteiger charge is 2.41. The Kier molecular flexibility index (Phi) is 3.13. The van der Waals surface area contributed by atoms with Gasteiger partial charge in [-0.25, -0.2) is 4.39 Å². The van der Waals surface area contributed by atoms with Crippen LogP contribution in [-0.2, 0) is 0 Å². The normalized spacial score (nSPS) is 13.6. The van der Waals surface area contributed by atoms with Gasteiger partial charge in [0.2, 0.25) is 0 Å². The number of non-ortho nitro benzene ring substituents is 1. The van der Waals surface area contributed by atoms with Gasteiger partial charge in [-0.15, -0.1) is 0 Å². The minimum atomic E-state index is -5.07. The van der Waals surface area contributed by atoms with E-state index in [9.17, 15) is 27.7 Å². The summed E-state index contributed by atoms with van der Waals surface area (Å²) in [5.74, 6) is -1.35. The van der Waals surface area contributed by atoms with E-state index in [0.717, 1.165) is 0 Å². The zero-order valence-corrected chi connectivity index (χ0v) is 7.53. The number of hydrogen-bond donors (Lipinski definition) is 1. The Bertz CT molecular complexity index is 418. The van der Waals surface area contributed by atoms with Crippen LogP contribution in [0.3, 0.4) is 0 Å². The van der Waals surface area contributed by atoms with Gasteiger partial charge in [-0.2, -0.15) is 13.2 Å². The van der Waals surface area contributed by atoms with Gasteiger partial charge in [0.1, 0.15) is 5.82 Å². The van der Waals surface area contributed by atoms with Crippen molar-refractivity contribution in [2.45, 2.75) is 12.3 Å². The van der Waals surface area contributed by atoms with E-state index in [1.807, 2.05) is 0 Å². The third-order valence-corrected chi connectivity index (χ3v) is 1.80. The molecule has 0 saturated heterocycles. The number of hydrogen-bond acceptors (Lipinski definition) is 3. The molecule has 0 fully saturated rings. The molecule has 0 aliphatic heterocycles. The Morgan fingerprint density at radius 2 is 1.94 bits per heavy atom. The van der Waals surface area contributed by atoms with Crippen LogP contribution in [0.4, 0.5) is 23.2 Å². The molecule has 0 heterocycles. The fraction of sp³-hybridized carbons (Fsp3) is 0.250. The third-order valence-electron chi connectivity index (χ3n) is 1.80. The maximum absolute atomic E-state index is 12.9. The Morgan fingerprint density at radius 1 is 1.38 bits per heavy atom. The molecule has 4 nitrogen and oxygen atoms in total. The molecule has 1 rings (SSSR count). The molecule has 0 aliphatic rings. The second-order valence-electron chi connectivity index (χ2n) is 2.91. The summed E-state index contributed by atoms with van der Waals surface area (Å²) < 4.78 is 49.1. The molecule has 0 aromatic heterocycles. The predicted molar refractivity (Wildman–Crippen MR) is 44.1 cm³/mol. The standard InChI is InChI=1S/C8H5F4NO3/c9-6-2-1-4(13(15)16)3-5(6)7(14)8(10,11)12/h1-3,7,14H/t7-/m0/s1. The Hall–Kier alpha value is -1.70. The average molecular weight is 239 g/mol. The van der Waals surface area contributed by atoms with Crippen LogP contribution in [0.1, 0.15) is 11.7 Å². The molecule has 0 radical (unpaired) electrons. The van der Waals surface area contributed by atoms with Crippen molar-refractivity contribution in [3.63, 3.8) is 0 Å². The highest BCUT2D eigenvalue weighted by molar-refractivity contribution is 5.36. The molecule has 1 N–H and O–H groups in total. The summed E-state index contributed by atoms with van der Waals surface area (Å²) in [6, 6.07) is 1.57. The molecule has 1 atom stereocenters. The van der Waals surface area contributed by atoms with Gasteiger partial charge in [-0.1, -0.05) is 0 Å². The van der Waals surface area contributed by atoms with Crippen LogP contribution >= 0.6 is 0 Å². The highest BCUT2D eigenvalue weighted by atomic mass is 19.4. The van der Waals surface area contributed by atoms with Crippen LogP contribution in [-0.4, -0.2) is 16.2 Å². The summed E-state index contributed by atoms with van der Waals surface area (Å²) in [4.78, 5) is 9.28. The van der Waals surface area contributed by atoms with Gasteiger partial charge in [-0.05, 0) is 6.07 Å². The maximum atomic E-state index is 12.9. The summed E-state index contributed by atoms with van der Waals surface area (Å²) in [5.41, 5.74) is -1.89. The van der Waals surface area contributed by atoms with Crippen molar-refractivity contribution in [3.8, 4) is 0 Å². The first-order valence-corrected chi connectivity index (χ1v) is 3.92. The van der Waals surface area contributed by atoms with Gasteiger partial charge < -0.3 is 5.11 Å². The number of nitro groups is 1. The lowest BCUT2D eigenvalue weighted by molar-refractivity contribution is -0.385. The minimum absolute atomic E-state index is 0.355. The summed E-state index contributed by atoms with van der Waals surface area (Å²) in [6.45, 7) is 0. The first-order chi connectivity index (χ1) is 7.23. The monoisotopic (exact) mass is 239 g/mol. The summed E-state index contributed by atoms with van der Waals surface area (Å²) in [6.07, 6.45) is -8.15. The van der Waals surface area contributed by atoms with E-state index in [1.54, 1.807) is 0 Å². The molecule has 1 aromatic carbocycles. The Labute approximate surface area is 86.3 Å². The first kappa shape index (κ1) is 12.4. The van der Waals surface area contributed by atoms with Crippen LogP contribution in [0.15, 0.2) is 18.2 Å². The molecular formula is C8H5F4NO3. The zero-order chi connectivity index (χ0) is 12.5. The van der Waals surface area contributed by atoms with Crippen LogP contribution in [0, 0.1) is 15.9 Å². The number of alkyl halides is 3. The Balaban J connectivity index is 3.22. The number of benzene rings is 1. The minimum Gasteiger partial charge on any atom is -0.379 e. The van der Waals surface area contributed by atoms with Crippen molar-refractivity contribution in [2.24, 2.45) is 0 Å². The predicted octanol–water partition coefficient (Wildman–Crippen LogP) is 2.33. The zero-order valence-electron chi connectivity index (χ0n) is 7.53. The number of aliphatic hydroxyl groups excluding tert-OH is 1. The molecule has 0 spiro atoms. The van der Waals surface area contributed by atoms with Gasteiger partial charge in [0.25, 0.3) is 5.69 Å². The highest BCUT2D eigenvalue weighted by Crippen LogP contribution is 2.34. The van der Waals surface area contributed by atoms with Crippen molar-refractivity contribution in [3.05, 3.63) is 39.7 Å². The molecule has 0 saturated carbocycles. The van der Waals surface area contributed by atoms with Crippen molar-refractivity contribution in [2.75, 3.05) is 0 Å². The summed E-state index contributed by atoms with van der Waals surface area (Å²) >= 11 is 0. The fourth-order valence-corrected chi connectivity index (χ4v) is 1.03. The molecule has 0 unspecified atom stereocenters. The number of nitro benzene ring substituents is 1. The van der Waals surface area contributed by atoms with E-state index in [2.05, 4.69) is 0 Å². The van der Waals surface area contributed by atoms with E-state index in [-0.39, 0.29) is 0 Å². The van der Waals surface area contributed by atoms with Crippen molar-refractivity contribution < 1.29 is 27.6 Å². The third kappa shape index (κ3) is 2.45. The van der Waals surface area contributed by atoms with Crippen molar-refractivity contribution in [1.29, 1.82) is 0 Å². The van der Waals surface area contributed by atoms with Gasteiger partial charge in [-0.3, -0.25) is 10.1 Å². The Morgan fingerprint density at radius 3 is 2.38 bits per heavy atom. The van der Waals surface area contributed by atoms with Crippen molar-refractivity contribution in [1.82, 2.24) is 0 Å². The molecule has 88 valence electrons. The molecule has 8 heteroatoms. The number of aliphatic hydroxyl groups is 1. The second-order valence-corrected chi connectivity index (χ2v) is 2.91. The summed E-state index contributed by atoms with van der Waals surface area (Å²) in [7, 11) is 0. The molecule has 16 heavy (non-hydrogen) atoms. The molecule has 0 amide bonds. The second kappa shape index (κ2) is 4.05. The van der Waals surface area contributed by atoms with Gasteiger partial charge in [0.15, 0.2) is 6.10 Å². The summed E-state index contributed by atoms with van der Waals surface area (Å²) in [5, 5.41) is 19.0. The van der Waals surface area contributed by atoms with Gasteiger partial charge in [0.05, 0.1) is 4.92 Å². The quantitative estimate of drug-likeness (QED) is 0.489. The topological polar surface area (TPSA) is 63.4 Å². The van der Waals surface area contributed by atoms with Gasteiger partial charge in [0, 0.05) is 17.7 Å². The van der Waals surface area contributed by atoms with E-state index < -0.39 is 34.3 Å². The lowest BCUT2D eigenvalue weighted by Crippen LogP contribution is -2.21. The maximum Gasteiger partial charge on any atom is 0.418 e. The smallest absolute Gasteiger partial charge is 0.379 e. The first-order valence-electron chi connectivity index (χ1n) is 3.92. The lowest BCUT2D eigenvalue weighted by atomic mass is 10.1. The van der Waals surface area contributed by atoms with E-state index in [1.165, 1.54) is 0 Å². The van der Waals surface area contributed by atoms with Crippen LogP contribution < -0.4 is 0 Å².